The Kier molecular flexibility index (Phi) is 7.39. The summed E-state index contributed by atoms with van der Waals surface area (Å²) in [5.74, 6) is -1.53. The number of nitrogens with one attached hydrogen (secondary N) is 2. The largest absolute Gasteiger partial charge is 0.418 e. The van der Waals surface area contributed by atoms with Gasteiger partial charge in [0.25, 0.3) is 0 Å². The monoisotopic (exact) mass is 534 g/mol. The number of alkyl halides is 3. The first-order chi connectivity index (χ1) is 17.4. The number of pyridine rings is 1. The molecule has 12 heteroatoms. The molecule has 0 radical (unpaired) electrons. The summed E-state index contributed by atoms with van der Waals surface area (Å²) >= 11 is 1.15. The molecule has 1 saturated carbocycles. The van der Waals surface area contributed by atoms with Crippen molar-refractivity contribution in [3.05, 3.63) is 69.7 Å². The zero-order valence-corrected chi connectivity index (χ0v) is 20.4. The van der Waals surface area contributed by atoms with Gasteiger partial charge in [-0.2, -0.15) is 13.2 Å². The van der Waals surface area contributed by atoms with E-state index in [1.54, 1.807) is 0 Å². The third kappa shape index (κ3) is 6.56. The van der Waals surface area contributed by atoms with Gasteiger partial charge in [0.2, 0.25) is 5.91 Å². The predicted octanol–water partition coefficient (Wildman–Crippen LogP) is 5.24. The standard InChI is InChI=1S/C25H22F4N4O3S/c1-14(34)8-22-31-13-21(37-22)20(35)10-24(6-7-24)23(36)32-11-16-3-4-17(12-30-16)33-19-5-2-15(26)9-18(19)25(27,28)29/h2-5,9,12-13,33H,6-8,10-11H2,1H3,(H,32,36). The second-order valence-electron chi connectivity index (χ2n) is 8.91. The number of thiazole rings is 1. The van der Waals surface area contributed by atoms with E-state index in [4.69, 9.17) is 0 Å². The van der Waals surface area contributed by atoms with Crippen molar-refractivity contribution in [2.45, 2.75) is 45.3 Å². The molecular weight excluding hydrogens is 512 g/mol. The van der Waals surface area contributed by atoms with Crippen LogP contribution < -0.4 is 10.6 Å². The molecule has 1 aliphatic carbocycles. The zero-order valence-electron chi connectivity index (χ0n) is 19.6. The molecule has 4 rings (SSSR count). The highest BCUT2D eigenvalue weighted by molar-refractivity contribution is 7.13. The minimum atomic E-state index is -4.74. The summed E-state index contributed by atoms with van der Waals surface area (Å²) in [6.45, 7) is 1.52. The van der Waals surface area contributed by atoms with Crippen LogP contribution in [-0.2, 0) is 28.7 Å². The maximum atomic E-state index is 13.3. The second-order valence-corrected chi connectivity index (χ2v) is 10.0. The van der Waals surface area contributed by atoms with Crippen LogP contribution in [0.3, 0.4) is 0 Å². The number of Topliss-reactive ketones (excluding diaryl/α,β-unsaturated/α-hetero) is 2. The average molecular weight is 535 g/mol. The van der Waals surface area contributed by atoms with Gasteiger partial charge in [0.1, 0.15) is 16.6 Å². The Hall–Kier alpha value is -3.67. The van der Waals surface area contributed by atoms with Crippen molar-refractivity contribution in [1.29, 1.82) is 0 Å². The first-order valence-corrected chi connectivity index (χ1v) is 12.1. The Bertz CT molecular complexity index is 1330. The molecule has 0 unspecified atom stereocenters. The Morgan fingerprint density at radius 2 is 1.84 bits per heavy atom. The fourth-order valence-electron chi connectivity index (χ4n) is 3.74. The number of hydrogen-bond donors (Lipinski definition) is 2. The van der Waals surface area contributed by atoms with Gasteiger partial charge in [-0.25, -0.2) is 9.37 Å². The first kappa shape index (κ1) is 26.4. The van der Waals surface area contributed by atoms with E-state index < -0.39 is 23.0 Å². The van der Waals surface area contributed by atoms with Gasteiger partial charge in [-0.05, 0) is 50.1 Å². The summed E-state index contributed by atoms with van der Waals surface area (Å²) in [5, 5.41) is 5.92. The number of anilines is 2. The lowest BCUT2D eigenvalue weighted by Gasteiger charge is -2.15. The van der Waals surface area contributed by atoms with E-state index in [2.05, 4.69) is 20.6 Å². The molecule has 37 heavy (non-hydrogen) atoms. The molecule has 0 spiro atoms. The van der Waals surface area contributed by atoms with Crippen molar-refractivity contribution < 1.29 is 31.9 Å². The molecule has 1 fully saturated rings. The predicted molar refractivity (Wildman–Crippen MR) is 128 cm³/mol. The number of nitrogens with zero attached hydrogens (tertiary/aromatic N) is 2. The lowest BCUT2D eigenvalue weighted by Crippen LogP contribution is -2.33. The van der Waals surface area contributed by atoms with E-state index in [-0.39, 0.29) is 48.2 Å². The van der Waals surface area contributed by atoms with E-state index in [1.807, 2.05) is 0 Å². The summed E-state index contributed by atoms with van der Waals surface area (Å²) in [5.41, 5.74) is -1.52. The van der Waals surface area contributed by atoms with Gasteiger partial charge in [-0.3, -0.25) is 19.4 Å². The van der Waals surface area contributed by atoms with Crippen LogP contribution >= 0.6 is 11.3 Å². The van der Waals surface area contributed by atoms with Crippen molar-refractivity contribution in [3.8, 4) is 0 Å². The number of ketones is 2. The van der Waals surface area contributed by atoms with Crippen LogP contribution in [0.5, 0.6) is 0 Å². The number of halogens is 4. The van der Waals surface area contributed by atoms with E-state index in [0.717, 1.165) is 23.5 Å². The molecule has 0 bridgehead atoms. The molecule has 194 valence electrons. The summed E-state index contributed by atoms with van der Waals surface area (Å²) in [6, 6.07) is 5.37. The van der Waals surface area contributed by atoms with Gasteiger partial charge in [-0.1, -0.05) is 0 Å². The Morgan fingerprint density at radius 3 is 2.46 bits per heavy atom. The van der Waals surface area contributed by atoms with E-state index >= 15 is 0 Å². The maximum Gasteiger partial charge on any atom is 0.418 e. The fourth-order valence-corrected chi connectivity index (χ4v) is 4.67. The summed E-state index contributed by atoms with van der Waals surface area (Å²) in [7, 11) is 0. The molecule has 1 aromatic carbocycles. The van der Waals surface area contributed by atoms with Crippen molar-refractivity contribution in [2.24, 2.45) is 5.41 Å². The third-order valence-electron chi connectivity index (χ3n) is 5.88. The van der Waals surface area contributed by atoms with Crippen molar-refractivity contribution in [3.63, 3.8) is 0 Å². The van der Waals surface area contributed by atoms with Crippen LogP contribution in [-0.4, -0.2) is 27.4 Å². The van der Waals surface area contributed by atoms with Crippen LogP contribution in [0.25, 0.3) is 0 Å². The Morgan fingerprint density at radius 1 is 1.08 bits per heavy atom. The number of carbonyl (C=O) groups is 3. The van der Waals surface area contributed by atoms with Gasteiger partial charge >= 0.3 is 6.18 Å². The average Bonchev–Trinajstić information content (AvgIpc) is 3.46. The van der Waals surface area contributed by atoms with Gasteiger partial charge in [-0.15, -0.1) is 11.3 Å². The van der Waals surface area contributed by atoms with Crippen LogP contribution in [0.2, 0.25) is 0 Å². The van der Waals surface area contributed by atoms with E-state index in [9.17, 15) is 31.9 Å². The highest BCUT2D eigenvalue weighted by atomic mass is 32.1. The van der Waals surface area contributed by atoms with Crippen LogP contribution in [0.1, 0.15) is 52.1 Å². The summed E-state index contributed by atoms with van der Waals surface area (Å²) in [6.07, 6.45) is -0.655. The van der Waals surface area contributed by atoms with Gasteiger partial charge in [0, 0.05) is 12.6 Å². The van der Waals surface area contributed by atoms with Gasteiger partial charge < -0.3 is 10.6 Å². The molecule has 1 aliphatic rings. The molecular formula is C25H22F4N4O3S. The van der Waals surface area contributed by atoms with Gasteiger partial charge in [0.05, 0.1) is 52.1 Å². The molecule has 0 atom stereocenters. The molecule has 7 nitrogen and oxygen atoms in total. The zero-order chi connectivity index (χ0) is 26.8. The number of hydrogen-bond acceptors (Lipinski definition) is 7. The summed E-state index contributed by atoms with van der Waals surface area (Å²) in [4.78, 5) is 45.4. The van der Waals surface area contributed by atoms with Crippen molar-refractivity contribution >= 4 is 40.2 Å². The smallest absolute Gasteiger partial charge is 0.354 e. The lowest BCUT2D eigenvalue weighted by atomic mass is 9.98. The fraction of sp³-hybridized carbons (Fsp3) is 0.320. The topological polar surface area (TPSA) is 101 Å². The van der Waals surface area contributed by atoms with E-state index in [0.29, 0.717) is 34.5 Å². The highest BCUT2D eigenvalue weighted by Gasteiger charge is 2.51. The van der Waals surface area contributed by atoms with Crippen LogP contribution in [0, 0.1) is 11.2 Å². The molecule has 2 aromatic heterocycles. The molecule has 0 saturated heterocycles. The maximum absolute atomic E-state index is 13.3. The highest BCUT2D eigenvalue weighted by Crippen LogP contribution is 2.50. The minimum absolute atomic E-state index is 0.0377. The SMILES string of the molecule is CC(=O)Cc1ncc(C(=O)CC2(C(=O)NCc3ccc(Nc4ccc(F)cc4C(F)(F)F)cn3)CC2)s1. The minimum Gasteiger partial charge on any atom is -0.354 e. The molecule has 2 N–H and O–H groups in total. The molecule has 2 heterocycles. The molecule has 0 aliphatic heterocycles. The van der Waals surface area contributed by atoms with Crippen LogP contribution in [0.4, 0.5) is 28.9 Å². The quantitative estimate of drug-likeness (QED) is 0.273. The molecule has 1 amide bonds. The Labute approximate surface area is 213 Å². The lowest BCUT2D eigenvalue weighted by molar-refractivity contribution is -0.137. The summed E-state index contributed by atoms with van der Waals surface area (Å²) < 4.78 is 52.9. The number of amides is 1. The normalized spacial score (nSPS) is 14.2. The number of rotatable bonds is 10. The number of benzene rings is 1. The molecule has 3 aromatic rings. The first-order valence-electron chi connectivity index (χ1n) is 11.3. The Balaban J connectivity index is 1.33. The number of aromatic nitrogens is 2. The van der Waals surface area contributed by atoms with Gasteiger partial charge in [0.15, 0.2) is 5.78 Å². The van der Waals surface area contributed by atoms with Crippen molar-refractivity contribution in [2.75, 3.05) is 5.32 Å². The van der Waals surface area contributed by atoms with Crippen molar-refractivity contribution in [1.82, 2.24) is 15.3 Å². The third-order valence-corrected chi connectivity index (χ3v) is 6.92. The van der Waals surface area contributed by atoms with E-state index in [1.165, 1.54) is 31.5 Å². The second kappa shape index (κ2) is 10.4. The van der Waals surface area contributed by atoms with Crippen LogP contribution in [0.15, 0.2) is 42.7 Å². The number of carbonyl (C=O) groups excluding carboxylic acids is 3.